The van der Waals surface area contributed by atoms with Crippen molar-refractivity contribution in [2.24, 2.45) is 11.8 Å². The molecular weight excluding hydrogens is 340 g/mol. The van der Waals surface area contributed by atoms with Crippen LogP contribution in [-0.4, -0.2) is 24.1 Å². The highest BCUT2D eigenvalue weighted by Gasteiger charge is 2.81. The summed E-state index contributed by atoms with van der Waals surface area (Å²) in [4.78, 5) is 24.9. The Labute approximate surface area is 149 Å². The molecule has 0 N–H and O–H groups in total. The predicted octanol–water partition coefficient (Wildman–Crippen LogP) is 3.12. The van der Waals surface area contributed by atoms with Gasteiger partial charge in [0.15, 0.2) is 11.2 Å². The fourth-order valence-corrected chi connectivity index (χ4v) is 5.09. The van der Waals surface area contributed by atoms with Crippen LogP contribution in [0.5, 0.6) is 0 Å². The number of rotatable bonds is 3. The van der Waals surface area contributed by atoms with Crippen molar-refractivity contribution in [2.75, 3.05) is 6.61 Å². The summed E-state index contributed by atoms with van der Waals surface area (Å²) in [7, 11) is 0. The molecule has 4 atom stereocenters. The minimum absolute atomic E-state index is 0.0158. The van der Waals surface area contributed by atoms with Crippen molar-refractivity contribution in [3.63, 3.8) is 0 Å². The maximum absolute atomic E-state index is 12.6. The van der Waals surface area contributed by atoms with Crippen molar-refractivity contribution in [1.82, 2.24) is 0 Å². The second-order valence-electron chi connectivity index (χ2n) is 6.78. The van der Waals surface area contributed by atoms with Gasteiger partial charge in [-0.05, 0) is 42.5 Å². The van der Waals surface area contributed by atoms with E-state index in [9.17, 15) is 9.59 Å². The monoisotopic (exact) mass is 354 g/mol. The Morgan fingerprint density at radius 3 is 2.68 bits per heavy atom. The summed E-state index contributed by atoms with van der Waals surface area (Å²) in [5.41, 5.74) is 0.382. The quantitative estimate of drug-likeness (QED) is 0.475. The summed E-state index contributed by atoms with van der Waals surface area (Å²) < 4.78 is 11.0. The lowest BCUT2D eigenvalue weighted by atomic mass is 9.70. The van der Waals surface area contributed by atoms with Gasteiger partial charge in [-0.2, -0.15) is 0 Å². The van der Waals surface area contributed by atoms with Gasteiger partial charge in [-0.15, -0.1) is 0 Å². The molecule has 1 aromatic rings. The Morgan fingerprint density at radius 2 is 1.96 bits per heavy atom. The number of hydrogen-bond donors (Lipinski definition) is 0. The largest absolute Gasteiger partial charge is 0.462 e. The van der Waals surface area contributed by atoms with Gasteiger partial charge in [-0.1, -0.05) is 42.0 Å². The average molecular weight is 355 g/mol. The lowest BCUT2D eigenvalue weighted by Crippen LogP contribution is -2.44. The van der Waals surface area contributed by atoms with Crippen LogP contribution in [0, 0.1) is 11.8 Å². The van der Waals surface area contributed by atoms with Crippen molar-refractivity contribution in [1.29, 1.82) is 0 Å². The molecule has 0 aromatic heterocycles. The van der Waals surface area contributed by atoms with Crippen molar-refractivity contribution in [3.8, 4) is 0 Å². The first-order chi connectivity index (χ1) is 12.1. The van der Waals surface area contributed by atoms with Crippen LogP contribution in [0.1, 0.15) is 12.5 Å². The van der Waals surface area contributed by atoms with Crippen LogP contribution in [-0.2, 0) is 24.5 Å². The third-order valence-corrected chi connectivity index (χ3v) is 6.13. The molecule has 126 valence electrons. The molecular formula is C20H15ClO4. The van der Waals surface area contributed by atoms with Gasteiger partial charge in [-0.25, -0.2) is 9.59 Å². The van der Waals surface area contributed by atoms with Gasteiger partial charge in [0.2, 0.25) is 0 Å². The SMILES string of the molecule is CCOC(=O)C1=C2C=CC3C4C=CC2(OC1=O)C34c1ccc(Cl)cc1. The van der Waals surface area contributed by atoms with E-state index >= 15 is 0 Å². The van der Waals surface area contributed by atoms with E-state index in [-0.39, 0.29) is 29.4 Å². The topological polar surface area (TPSA) is 52.6 Å². The number of carbonyl (C=O) groups excluding carboxylic acids is 2. The Balaban J connectivity index is 1.72. The third kappa shape index (κ3) is 1.54. The number of halogens is 1. The molecule has 4 aliphatic rings. The lowest BCUT2D eigenvalue weighted by Gasteiger charge is -2.37. The molecule has 5 heteroatoms. The molecule has 25 heavy (non-hydrogen) atoms. The maximum atomic E-state index is 12.6. The molecule has 0 bridgehead atoms. The minimum atomic E-state index is -0.926. The molecule has 0 amide bonds. The second kappa shape index (κ2) is 4.64. The van der Waals surface area contributed by atoms with E-state index in [1.807, 2.05) is 36.4 Å². The molecule has 1 fully saturated rings. The zero-order valence-electron chi connectivity index (χ0n) is 13.5. The second-order valence-corrected chi connectivity index (χ2v) is 7.22. The van der Waals surface area contributed by atoms with E-state index in [1.165, 1.54) is 0 Å². The van der Waals surface area contributed by atoms with Crippen molar-refractivity contribution in [3.05, 3.63) is 70.3 Å². The minimum Gasteiger partial charge on any atom is -0.462 e. The molecule has 5 rings (SSSR count). The highest BCUT2D eigenvalue weighted by Crippen LogP contribution is 2.76. The molecule has 1 heterocycles. The summed E-state index contributed by atoms with van der Waals surface area (Å²) in [6.07, 6.45) is 7.98. The van der Waals surface area contributed by atoms with Crippen molar-refractivity contribution >= 4 is 23.5 Å². The number of carbonyl (C=O) groups is 2. The van der Waals surface area contributed by atoms with Crippen LogP contribution in [0.3, 0.4) is 0 Å². The summed E-state index contributed by atoms with van der Waals surface area (Å²) >= 11 is 6.04. The molecule has 4 unspecified atom stereocenters. The number of esters is 2. The Hall–Kier alpha value is -2.33. The summed E-state index contributed by atoms with van der Waals surface area (Å²) in [6.45, 7) is 1.93. The first kappa shape index (κ1) is 15.0. The molecule has 0 saturated heterocycles. The van der Waals surface area contributed by atoms with Crippen molar-refractivity contribution in [2.45, 2.75) is 17.9 Å². The van der Waals surface area contributed by atoms with Crippen LogP contribution in [0.2, 0.25) is 5.02 Å². The zero-order valence-corrected chi connectivity index (χ0v) is 14.2. The van der Waals surface area contributed by atoms with Gasteiger partial charge in [0.25, 0.3) is 0 Å². The van der Waals surface area contributed by atoms with E-state index in [0.717, 1.165) is 5.56 Å². The van der Waals surface area contributed by atoms with E-state index in [2.05, 4.69) is 12.2 Å². The fourth-order valence-electron chi connectivity index (χ4n) is 4.97. The summed E-state index contributed by atoms with van der Waals surface area (Å²) in [5, 5.41) is 0.660. The number of allylic oxidation sites excluding steroid dienone is 2. The van der Waals surface area contributed by atoms with Gasteiger partial charge in [0.05, 0.1) is 12.0 Å². The smallest absolute Gasteiger partial charge is 0.347 e. The van der Waals surface area contributed by atoms with Gasteiger partial charge in [0, 0.05) is 10.6 Å². The van der Waals surface area contributed by atoms with E-state index in [0.29, 0.717) is 10.6 Å². The highest BCUT2D eigenvalue weighted by molar-refractivity contribution is 6.30. The van der Waals surface area contributed by atoms with E-state index in [1.54, 1.807) is 6.92 Å². The van der Waals surface area contributed by atoms with E-state index in [4.69, 9.17) is 21.1 Å². The fraction of sp³-hybridized carbons (Fsp3) is 0.300. The van der Waals surface area contributed by atoms with Gasteiger partial charge < -0.3 is 9.47 Å². The van der Waals surface area contributed by atoms with Crippen molar-refractivity contribution < 1.29 is 19.1 Å². The van der Waals surface area contributed by atoms with Gasteiger partial charge >= 0.3 is 11.9 Å². The highest BCUT2D eigenvalue weighted by atomic mass is 35.5. The molecule has 1 spiro atoms. The van der Waals surface area contributed by atoms with Crippen LogP contribution >= 0.6 is 11.6 Å². The van der Waals surface area contributed by atoms with Crippen LogP contribution in [0.15, 0.2) is 59.7 Å². The van der Waals surface area contributed by atoms with Crippen LogP contribution in [0.25, 0.3) is 0 Å². The standard InChI is InChI=1S/C20H15ClO4/c1-2-24-17(22)16-15-8-7-13-14-9-10-19(15,25-18(16)23)20(13,14)11-3-5-12(21)6-4-11/h3-10,13-14H,2H2,1H3. The van der Waals surface area contributed by atoms with Gasteiger partial charge in [0.1, 0.15) is 0 Å². The predicted molar refractivity (Wildman–Crippen MR) is 90.9 cm³/mol. The maximum Gasteiger partial charge on any atom is 0.347 e. The van der Waals surface area contributed by atoms with Crippen LogP contribution in [0.4, 0.5) is 0 Å². The summed E-state index contributed by atoms with van der Waals surface area (Å²) in [6, 6.07) is 7.66. The molecule has 1 saturated carbocycles. The number of ether oxygens (including phenoxy) is 2. The first-order valence-corrected chi connectivity index (χ1v) is 8.73. The Morgan fingerprint density at radius 1 is 1.24 bits per heavy atom. The normalized spacial score (nSPS) is 36.2. The first-order valence-electron chi connectivity index (χ1n) is 8.35. The molecule has 1 aromatic carbocycles. The number of hydrogen-bond acceptors (Lipinski definition) is 4. The zero-order chi connectivity index (χ0) is 17.4. The van der Waals surface area contributed by atoms with E-state index < -0.39 is 17.5 Å². The summed E-state index contributed by atoms with van der Waals surface area (Å²) in [5.74, 6) is -0.732. The third-order valence-electron chi connectivity index (χ3n) is 5.88. The average Bonchev–Trinajstić information content (AvgIpc) is 2.98. The molecule has 3 aliphatic carbocycles. The molecule has 1 aliphatic heterocycles. The number of fused-ring (bicyclic) bond motifs is 1. The van der Waals surface area contributed by atoms with Gasteiger partial charge in [-0.3, -0.25) is 0 Å². The lowest BCUT2D eigenvalue weighted by molar-refractivity contribution is -0.149. The number of benzene rings is 1. The Kier molecular flexibility index (Phi) is 2.78. The molecule has 4 nitrogen and oxygen atoms in total. The Bertz CT molecular complexity index is 910. The molecule has 0 radical (unpaired) electrons. The van der Waals surface area contributed by atoms with Crippen LogP contribution < -0.4 is 0 Å².